The fourth-order valence-corrected chi connectivity index (χ4v) is 2.80. The van der Waals surface area contributed by atoms with Crippen LogP contribution in [0.2, 0.25) is 0 Å². The molecule has 8 nitrogen and oxygen atoms in total. The van der Waals surface area contributed by atoms with Gasteiger partial charge in [-0.05, 0) is 17.8 Å². The van der Waals surface area contributed by atoms with E-state index in [2.05, 4.69) is 20.2 Å². The van der Waals surface area contributed by atoms with E-state index in [9.17, 15) is 10.1 Å². The molecular formula is C10H10N6O2S2. The van der Waals surface area contributed by atoms with Gasteiger partial charge >= 0.3 is 5.69 Å². The second-order valence-electron chi connectivity index (χ2n) is 3.75. The highest BCUT2D eigenvalue weighted by Gasteiger charge is 2.17. The number of hydrogen-bond donors (Lipinski definition) is 0. The molecule has 0 saturated carbocycles. The Morgan fingerprint density at radius 2 is 2.30 bits per heavy atom. The molecule has 0 aliphatic carbocycles. The smallest absolute Gasteiger partial charge is 0.301 e. The molecule has 0 saturated heterocycles. The fourth-order valence-electron chi connectivity index (χ4n) is 1.14. The summed E-state index contributed by atoms with van der Waals surface area (Å²) < 4.78 is 0.553. The molecule has 2 aromatic rings. The third kappa shape index (κ3) is 3.71. The molecule has 0 atom stereocenters. The van der Waals surface area contributed by atoms with Crippen molar-refractivity contribution in [2.75, 3.05) is 14.1 Å². The summed E-state index contributed by atoms with van der Waals surface area (Å²) >= 11 is 2.35. The number of pyridine rings is 1. The molecule has 10 heteroatoms. The lowest BCUT2D eigenvalue weighted by Crippen LogP contribution is -2.06. The lowest BCUT2D eigenvalue weighted by Gasteiger charge is -1.99. The van der Waals surface area contributed by atoms with Crippen molar-refractivity contribution in [2.45, 2.75) is 9.37 Å². The molecule has 20 heavy (non-hydrogen) atoms. The molecule has 2 rings (SSSR count). The summed E-state index contributed by atoms with van der Waals surface area (Å²) in [7, 11) is 3.69. The fraction of sp³-hybridized carbons (Fsp3) is 0.200. The average Bonchev–Trinajstić information content (AvgIpc) is 2.84. The second-order valence-corrected chi connectivity index (χ2v) is 5.94. The van der Waals surface area contributed by atoms with Crippen molar-refractivity contribution in [1.82, 2.24) is 20.1 Å². The molecule has 0 spiro atoms. The van der Waals surface area contributed by atoms with Crippen LogP contribution in [0.3, 0.4) is 0 Å². The van der Waals surface area contributed by atoms with E-state index in [-0.39, 0.29) is 10.7 Å². The second kappa shape index (κ2) is 6.39. The number of aromatic nitrogens is 3. The molecule has 0 radical (unpaired) electrons. The molecule has 2 aromatic heterocycles. The van der Waals surface area contributed by atoms with Crippen LogP contribution in [0.4, 0.5) is 10.8 Å². The number of rotatable bonds is 5. The quantitative estimate of drug-likeness (QED) is 0.361. The molecule has 0 N–H and O–H groups in total. The number of nitrogens with zero attached hydrogens (tertiary/aromatic N) is 6. The Morgan fingerprint density at radius 1 is 1.50 bits per heavy atom. The average molecular weight is 310 g/mol. The van der Waals surface area contributed by atoms with E-state index in [1.165, 1.54) is 29.7 Å². The first-order valence-electron chi connectivity index (χ1n) is 5.37. The highest BCUT2D eigenvalue weighted by Crippen LogP contribution is 2.35. The predicted octanol–water partition coefficient (Wildman–Crippen LogP) is 2.21. The normalized spacial score (nSPS) is 10.9. The minimum atomic E-state index is -0.471. The molecular weight excluding hydrogens is 300 g/mol. The highest BCUT2D eigenvalue weighted by atomic mass is 32.2. The van der Waals surface area contributed by atoms with Gasteiger partial charge in [0.2, 0.25) is 5.13 Å². The summed E-state index contributed by atoms with van der Waals surface area (Å²) in [4.78, 5) is 20.3. The Morgan fingerprint density at radius 3 is 3.00 bits per heavy atom. The van der Waals surface area contributed by atoms with Gasteiger partial charge in [-0.15, -0.1) is 10.2 Å². The van der Waals surface area contributed by atoms with Crippen LogP contribution in [0.1, 0.15) is 0 Å². The third-order valence-electron chi connectivity index (χ3n) is 1.93. The van der Waals surface area contributed by atoms with Crippen molar-refractivity contribution in [3.8, 4) is 0 Å². The first kappa shape index (κ1) is 14.3. The van der Waals surface area contributed by atoms with Gasteiger partial charge in [0.05, 0.1) is 11.3 Å². The summed E-state index contributed by atoms with van der Waals surface area (Å²) in [6.07, 6.45) is 3.11. The molecule has 0 aromatic carbocycles. The van der Waals surface area contributed by atoms with E-state index in [0.717, 1.165) is 11.8 Å². The van der Waals surface area contributed by atoms with Crippen LogP contribution in [0.5, 0.6) is 0 Å². The minimum Gasteiger partial charge on any atom is -0.369 e. The maximum Gasteiger partial charge on any atom is 0.301 e. The van der Waals surface area contributed by atoms with Crippen LogP contribution >= 0.6 is 23.1 Å². The maximum atomic E-state index is 10.9. The summed E-state index contributed by atoms with van der Waals surface area (Å²) in [6.45, 7) is 0. The van der Waals surface area contributed by atoms with Gasteiger partial charge in [0.15, 0.2) is 9.37 Å². The Bertz CT molecular complexity index is 642. The Balaban J connectivity index is 2.17. The Labute approximate surface area is 122 Å². The van der Waals surface area contributed by atoms with Crippen LogP contribution < -0.4 is 0 Å². The zero-order chi connectivity index (χ0) is 14.5. The van der Waals surface area contributed by atoms with Gasteiger partial charge in [-0.2, -0.15) is 0 Å². The summed E-state index contributed by atoms with van der Waals surface area (Å²) in [6, 6.07) is 2.93. The van der Waals surface area contributed by atoms with Gasteiger partial charge in [0.1, 0.15) is 0 Å². The van der Waals surface area contributed by atoms with Gasteiger partial charge < -0.3 is 4.90 Å². The molecule has 2 heterocycles. The third-order valence-corrected chi connectivity index (χ3v) is 3.82. The van der Waals surface area contributed by atoms with Crippen molar-refractivity contribution in [3.05, 3.63) is 28.4 Å². The molecule has 0 aliphatic heterocycles. The molecule has 0 fully saturated rings. The van der Waals surface area contributed by atoms with E-state index >= 15 is 0 Å². The van der Waals surface area contributed by atoms with E-state index < -0.39 is 4.92 Å². The number of aliphatic imine (C=N–C) groups is 1. The zero-order valence-electron chi connectivity index (χ0n) is 10.6. The Hall–Kier alpha value is -2.07. The van der Waals surface area contributed by atoms with Gasteiger partial charge in [0, 0.05) is 26.4 Å². The SMILES string of the molecule is CN(C)/C=N/c1nnc(Sc2ncccc2[N+](=O)[O-])s1. The first-order chi connectivity index (χ1) is 9.56. The summed E-state index contributed by atoms with van der Waals surface area (Å²) in [5, 5.41) is 19.5. The van der Waals surface area contributed by atoms with Gasteiger partial charge in [-0.25, -0.2) is 9.98 Å². The molecule has 0 bridgehead atoms. The van der Waals surface area contributed by atoms with Crippen molar-refractivity contribution in [1.29, 1.82) is 0 Å². The molecule has 0 aliphatic rings. The minimum absolute atomic E-state index is 0.0500. The van der Waals surface area contributed by atoms with Crippen LogP contribution in [0, 0.1) is 10.1 Å². The molecule has 0 unspecified atom stereocenters. The predicted molar refractivity (Wildman–Crippen MR) is 76.8 cm³/mol. The number of hydrogen-bond acceptors (Lipinski definition) is 8. The van der Waals surface area contributed by atoms with Crippen molar-refractivity contribution in [3.63, 3.8) is 0 Å². The lowest BCUT2D eigenvalue weighted by atomic mass is 10.4. The largest absolute Gasteiger partial charge is 0.369 e. The first-order valence-corrected chi connectivity index (χ1v) is 7.01. The standard InChI is InChI=1S/C10H10N6O2S2/c1-15(2)6-12-9-13-14-10(20-9)19-8-7(16(17)18)4-3-5-11-8/h3-6H,1-2H3/b12-6+. The summed E-state index contributed by atoms with van der Waals surface area (Å²) in [5.41, 5.74) is -0.0500. The maximum absolute atomic E-state index is 10.9. The van der Waals surface area contributed by atoms with Crippen LogP contribution in [-0.4, -0.2) is 45.4 Å². The zero-order valence-corrected chi connectivity index (χ0v) is 12.3. The lowest BCUT2D eigenvalue weighted by molar-refractivity contribution is -0.388. The van der Waals surface area contributed by atoms with Gasteiger partial charge in [0.25, 0.3) is 0 Å². The van der Waals surface area contributed by atoms with Crippen molar-refractivity contribution < 1.29 is 4.92 Å². The molecule has 0 amide bonds. The summed E-state index contributed by atoms with van der Waals surface area (Å²) in [5.74, 6) is 0. The van der Waals surface area contributed by atoms with E-state index in [1.807, 2.05) is 14.1 Å². The van der Waals surface area contributed by atoms with Crippen LogP contribution in [0.15, 0.2) is 32.7 Å². The highest BCUT2D eigenvalue weighted by molar-refractivity contribution is 8.01. The monoisotopic (exact) mass is 310 g/mol. The van der Waals surface area contributed by atoms with Crippen molar-refractivity contribution in [2.24, 2.45) is 4.99 Å². The van der Waals surface area contributed by atoms with Crippen LogP contribution in [-0.2, 0) is 0 Å². The van der Waals surface area contributed by atoms with E-state index in [0.29, 0.717) is 9.47 Å². The molecule has 104 valence electrons. The van der Waals surface area contributed by atoms with E-state index in [1.54, 1.807) is 11.2 Å². The topological polar surface area (TPSA) is 97.4 Å². The van der Waals surface area contributed by atoms with Gasteiger partial charge in [-0.1, -0.05) is 11.3 Å². The van der Waals surface area contributed by atoms with Gasteiger partial charge in [-0.3, -0.25) is 10.1 Å². The number of nitro groups is 1. The van der Waals surface area contributed by atoms with Crippen molar-refractivity contribution >= 4 is 40.3 Å². The van der Waals surface area contributed by atoms with Crippen LogP contribution in [0.25, 0.3) is 0 Å². The van der Waals surface area contributed by atoms with E-state index in [4.69, 9.17) is 0 Å². The Kier molecular flexibility index (Phi) is 4.58.